The lowest BCUT2D eigenvalue weighted by Crippen LogP contribution is -2.30. The zero-order chi connectivity index (χ0) is 20.6. The van der Waals surface area contributed by atoms with Crippen LogP contribution in [0.3, 0.4) is 0 Å². The summed E-state index contributed by atoms with van der Waals surface area (Å²) < 4.78 is 28.5. The first-order valence-electron chi connectivity index (χ1n) is 7.95. The lowest BCUT2D eigenvalue weighted by Gasteiger charge is -2.23. The van der Waals surface area contributed by atoms with Gasteiger partial charge in [0.2, 0.25) is 10.0 Å². The van der Waals surface area contributed by atoms with Crippen LogP contribution < -0.4 is 0 Å². The number of hydrogen-bond acceptors (Lipinski definition) is 7. The summed E-state index contributed by atoms with van der Waals surface area (Å²) in [7, 11) is -4.18. The smallest absolute Gasteiger partial charge is 0.258 e. The minimum Gasteiger partial charge on any atom is -0.258 e. The second-order valence-corrected chi connectivity index (χ2v) is 9.99. The molecule has 148 valence electrons. The van der Waals surface area contributed by atoms with Crippen molar-refractivity contribution in [2.45, 2.75) is 17.2 Å². The lowest BCUT2D eigenvalue weighted by molar-refractivity contribution is -0.395. The van der Waals surface area contributed by atoms with E-state index in [1.165, 1.54) is 23.0 Å². The van der Waals surface area contributed by atoms with Crippen molar-refractivity contribution in [1.29, 1.82) is 0 Å². The van der Waals surface area contributed by atoms with Crippen molar-refractivity contribution >= 4 is 49.1 Å². The highest BCUT2D eigenvalue weighted by Gasteiger charge is 2.39. The molecule has 2 aromatic carbocycles. The fraction of sp³-hybridized carbons (Fsp3) is 0.250. The highest BCUT2D eigenvalue weighted by molar-refractivity contribution is 9.10. The van der Waals surface area contributed by atoms with Gasteiger partial charge in [-0.15, -0.1) is 11.8 Å². The van der Waals surface area contributed by atoms with E-state index in [2.05, 4.69) is 15.9 Å². The van der Waals surface area contributed by atoms with Crippen molar-refractivity contribution in [3.05, 3.63) is 72.2 Å². The van der Waals surface area contributed by atoms with Gasteiger partial charge in [-0.05, 0) is 24.6 Å². The number of sulfonamides is 1. The molecule has 1 atom stereocenters. The van der Waals surface area contributed by atoms with Gasteiger partial charge >= 0.3 is 0 Å². The molecule has 0 amide bonds. The summed E-state index contributed by atoms with van der Waals surface area (Å²) in [6.07, 6.45) is 0. The van der Waals surface area contributed by atoms with E-state index in [1.54, 1.807) is 24.3 Å². The standard InChI is InChI=1S/C16H14BrN3O6S2/c1-10-14(19(21)22)8-13(9-15(10)20(23)24)28(25,26)18-6-7-27-16(18)11-2-4-12(17)5-3-11/h2-5,8-9,16H,6-7H2,1H3. The minimum atomic E-state index is -4.18. The van der Waals surface area contributed by atoms with Gasteiger partial charge in [0.1, 0.15) is 5.56 Å². The SMILES string of the molecule is Cc1c([N+](=O)[O-])cc(S(=O)(=O)N2CCSC2c2ccc(Br)cc2)cc1[N+](=O)[O-]. The molecule has 0 aromatic heterocycles. The Morgan fingerprint density at radius 2 is 1.64 bits per heavy atom. The first-order valence-corrected chi connectivity index (χ1v) is 11.2. The maximum Gasteiger partial charge on any atom is 0.280 e. The van der Waals surface area contributed by atoms with Crippen LogP contribution in [0.5, 0.6) is 0 Å². The molecule has 12 heteroatoms. The van der Waals surface area contributed by atoms with Gasteiger partial charge in [0.25, 0.3) is 11.4 Å². The van der Waals surface area contributed by atoms with Crippen LogP contribution in [0.4, 0.5) is 11.4 Å². The second kappa shape index (κ2) is 7.78. The van der Waals surface area contributed by atoms with Crippen LogP contribution in [0.2, 0.25) is 0 Å². The molecule has 2 aromatic rings. The number of thioether (sulfide) groups is 1. The van der Waals surface area contributed by atoms with E-state index in [-0.39, 0.29) is 12.1 Å². The molecule has 0 aliphatic carbocycles. The van der Waals surface area contributed by atoms with Gasteiger partial charge in [-0.25, -0.2) is 8.42 Å². The quantitative estimate of drug-likeness (QED) is 0.460. The summed E-state index contributed by atoms with van der Waals surface area (Å²) in [5.74, 6) is 0.538. The van der Waals surface area contributed by atoms with Crippen molar-refractivity contribution in [1.82, 2.24) is 4.31 Å². The fourth-order valence-corrected chi connectivity index (χ4v) is 6.46. The van der Waals surface area contributed by atoms with Crippen LogP contribution in [0.15, 0.2) is 45.8 Å². The molecule has 1 fully saturated rings. The summed E-state index contributed by atoms with van der Waals surface area (Å²) >= 11 is 4.75. The normalized spacial score (nSPS) is 17.6. The van der Waals surface area contributed by atoms with Crippen LogP contribution >= 0.6 is 27.7 Å². The van der Waals surface area contributed by atoms with Crippen molar-refractivity contribution in [2.24, 2.45) is 0 Å². The fourth-order valence-electron chi connectivity index (χ4n) is 2.91. The molecule has 0 radical (unpaired) electrons. The number of hydrogen-bond donors (Lipinski definition) is 0. The summed E-state index contributed by atoms with van der Waals surface area (Å²) in [6.45, 7) is 1.42. The molecule has 1 aliphatic rings. The minimum absolute atomic E-state index is 0.186. The van der Waals surface area contributed by atoms with E-state index in [1.807, 2.05) is 0 Å². The Bertz CT molecular complexity index is 1020. The molecule has 0 saturated carbocycles. The van der Waals surface area contributed by atoms with Crippen molar-refractivity contribution in [3.8, 4) is 0 Å². The van der Waals surface area contributed by atoms with E-state index in [0.717, 1.165) is 22.2 Å². The maximum absolute atomic E-state index is 13.2. The molecule has 28 heavy (non-hydrogen) atoms. The van der Waals surface area contributed by atoms with Gasteiger partial charge in [0, 0.05) is 28.9 Å². The summed E-state index contributed by atoms with van der Waals surface area (Å²) in [4.78, 5) is 20.5. The second-order valence-electron chi connectivity index (χ2n) is 5.99. The third-order valence-corrected chi connectivity index (χ3v) is 8.10. The molecule has 1 saturated heterocycles. The Kier molecular flexibility index (Phi) is 5.75. The molecule has 3 rings (SSSR count). The summed E-state index contributed by atoms with van der Waals surface area (Å²) in [5, 5.41) is 22.0. The Hall–Kier alpha value is -2.02. The molecule has 0 bridgehead atoms. The first-order chi connectivity index (χ1) is 13.1. The molecule has 0 N–H and O–H groups in total. The van der Waals surface area contributed by atoms with E-state index >= 15 is 0 Å². The van der Waals surface area contributed by atoms with Crippen LogP contribution in [-0.2, 0) is 10.0 Å². The maximum atomic E-state index is 13.2. The van der Waals surface area contributed by atoms with Crippen molar-refractivity contribution in [2.75, 3.05) is 12.3 Å². The average Bonchev–Trinajstić information content (AvgIpc) is 3.12. The topological polar surface area (TPSA) is 124 Å². The number of halogens is 1. The van der Waals surface area contributed by atoms with E-state index in [9.17, 15) is 28.6 Å². The molecular formula is C16H14BrN3O6S2. The summed E-state index contributed by atoms with van der Waals surface area (Å²) in [5.41, 5.74) is -0.626. The average molecular weight is 488 g/mol. The third kappa shape index (κ3) is 3.77. The van der Waals surface area contributed by atoms with Crippen LogP contribution in [0.25, 0.3) is 0 Å². The third-order valence-electron chi connectivity index (χ3n) is 4.33. The molecule has 9 nitrogen and oxygen atoms in total. The lowest BCUT2D eigenvalue weighted by atomic mass is 10.1. The predicted molar refractivity (Wildman–Crippen MR) is 108 cm³/mol. The Morgan fingerprint density at radius 3 is 2.14 bits per heavy atom. The summed E-state index contributed by atoms with van der Waals surface area (Å²) in [6, 6.07) is 8.94. The van der Waals surface area contributed by atoms with Crippen molar-refractivity contribution in [3.63, 3.8) is 0 Å². The van der Waals surface area contributed by atoms with Gasteiger partial charge in [0.05, 0.1) is 20.1 Å². The van der Waals surface area contributed by atoms with Crippen LogP contribution in [0, 0.1) is 27.2 Å². The van der Waals surface area contributed by atoms with E-state index < -0.39 is 41.5 Å². The number of benzene rings is 2. The van der Waals surface area contributed by atoms with Gasteiger partial charge in [0.15, 0.2) is 0 Å². The molecular weight excluding hydrogens is 474 g/mol. The molecule has 1 aliphatic heterocycles. The van der Waals surface area contributed by atoms with Gasteiger partial charge in [-0.1, -0.05) is 28.1 Å². The number of nitrogens with zero attached hydrogens (tertiary/aromatic N) is 3. The Balaban J connectivity index is 2.10. The van der Waals surface area contributed by atoms with Crippen LogP contribution in [-0.4, -0.2) is 34.9 Å². The highest BCUT2D eigenvalue weighted by atomic mass is 79.9. The number of nitro benzene ring substituents is 2. The van der Waals surface area contributed by atoms with Gasteiger partial charge in [-0.2, -0.15) is 4.31 Å². The van der Waals surface area contributed by atoms with E-state index in [4.69, 9.17) is 0 Å². The Labute approximate surface area is 173 Å². The number of rotatable bonds is 5. The zero-order valence-electron chi connectivity index (χ0n) is 14.4. The first kappa shape index (κ1) is 20.7. The van der Waals surface area contributed by atoms with E-state index in [0.29, 0.717) is 5.75 Å². The van der Waals surface area contributed by atoms with Crippen LogP contribution in [0.1, 0.15) is 16.5 Å². The monoisotopic (exact) mass is 487 g/mol. The zero-order valence-corrected chi connectivity index (χ0v) is 17.7. The predicted octanol–water partition coefficient (Wildman–Crippen LogP) is 4.01. The Morgan fingerprint density at radius 1 is 1.11 bits per heavy atom. The largest absolute Gasteiger partial charge is 0.280 e. The highest BCUT2D eigenvalue weighted by Crippen LogP contribution is 2.43. The van der Waals surface area contributed by atoms with Gasteiger partial charge < -0.3 is 0 Å². The molecule has 0 spiro atoms. The number of nitro groups is 2. The van der Waals surface area contributed by atoms with Gasteiger partial charge in [-0.3, -0.25) is 20.2 Å². The van der Waals surface area contributed by atoms with Crippen molar-refractivity contribution < 1.29 is 18.3 Å². The molecule has 1 unspecified atom stereocenters. The molecule has 1 heterocycles.